The minimum Gasteiger partial charge on any atom is -0.490 e. The number of fused-ring (bicyclic) bond motifs is 1. The van der Waals surface area contributed by atoms with Crippen LogP contribution in [-0.2, 0) is 4.74 Å². The average Bonchev–Trinajstić information content (AvgIpc) is 2.65. The van der Waals surface area contributed by atoms with E-state index in [4.69, 9.17) is 15.2 Å². The van der Waals surface area contributed by atoms with E-state index in [2.05, 4.69) is 45.3 Å². The number of methoxy groups -OCH3 is 1. The Bertz CT molecular complexity index is 887. The molecule has 1 aromatic heterocycles. The molecule has 0 aliphatic heterocycles. The van der Waals surface area contributed by atoms with E-state index in [-0.39, 0.29) is 6.04 Å². The molecule has 2 aromatic carbocycles. The third-order valence-corrected chi connectivity index (χ3v) is 4.78. The summed E-state index contributed by atoms with van der Waals surface area (Å²) in [5, 5.41) is 4.44. The number of aromatic nitrogens is 1. The Kier molecular flexibility index (Phi) is 5.96. The summed E-state index contributed by atoms with van der Waals surface area (Å²) in [7, 11) is 1.65. The summed E-state index contributed by atoms with van der Waals surface area (Å²) >= 11 is 3.54. The molecule has 0 amide bonds. The van der Waals surface area contributed by atoms with Crippen LogP contribution in [0.2, 0.25) is 0 Å². The maximum absolute atomic E-state index is 6.23. The molecule has 0 aliphatic carbocycles. The van der Waals surface area contributed by atoms with Crippen molar-refractivity contribution in [2.24, 2.45) is 0 Å². The lowest BCUT2D eigenvalue weighted by Crippen LogP contribution is -2.09. The van der Waals surface area contributed by atoms with Crippen molar-refractivity contribution in [3.05, 3.63) is 58.7 Å². The first-order valence-electron chi connectivity index (χ1n) is 8.41. The van der Waals surface area contributed by atoms with Gasteiger partial charge in [0, 0.05) is 18.5 Å². The van der Waals surface area contributed by atoms with E-state index in [1.807, 2.05) is 30.3 Å². The predicted octanol–water partition coefficient (Wildman–Crippen LogP) is 4.78. The van der Waals surface area contributed by atoms with E-state index in [9.17, 15) is 0 Å². The largest absolute Gasteiger partial charge is 0.490 e. The van der Waals surface area contributed by atoms with E-state index in [0.29, 0.717) is 18.9 Å². The number of benzene rings is 2. The highest BCUT2D eigenvalue weighted by atomic mass is 79.9. The number of pyridine rings is 1. The van der Waals surface area contributed by atoms with E-state index in [0.717, 1.165) is 26.8 Å². The highest BCUT2D eigenvalue weighted by molar-refractivity contribution is 9.10. The molecule has 3 rings (SSSR count). The van der Waals surface area contributed by atoms with E-state index in [1.54, 1.807) is 13.3 Å². The molecule has 5 nitrogen and oxygen atoms in total. The van der Waals surface area contributed by atoms with Crippen LogP contribution >= 0.6 is 15.9 Å². The van der Waals surface area contributed by atoms with Gasteiger partial charge in [-0.1, -0.05) is 30.3 Å². The maximum atomic E-state index is 6.23. The Morgan fingerprint density at radius 1 is 1.19 bits per heavy atom. The predicted molar refractivity (Wildman–Crippen MR) is 110 cm³/mol. The van der Waals surface area contributed by atoms with Crippen molar-refractivity contribution < 1.29 is 9.47 Å². The van der Waals surface area contributed by atoms with E-state index >= 15 is 0 Å². The van der Waals surface area contributed by atoms with Crippen LogP contribution in [0.5, 0.6) is 5.75 Å². The van der Waals surface area contributed by atoms with Crippen molar-refractivity contribution in [1.29, 1.82) is 0 Å². The zero-order valence-electron chi connectivity index (χ0n) is 14.8. The molecule has 3 aromatic rings. The first-order valence-corrected chi connectivity index (χ1v) is 9.20. The van der Waals surface area contributed by atoms with Gasteiger partial charge in [-0.05, 0) is 40.5 Å². The number of anilines is 2. The highest BCUT2D eigenvalue weighted by Gasteiger charge is 2.14. The molecule has 0 aliphatic rings. The van der Waals surface area contributed by atoms with Crippen LogP contribution in [0.3, 0.4) is 0 Å². The monoisotopic (exact) mass is 415 g/mol. The Labute approximate surface area is 161 Å². The lowest BCUT2D eigenvalue weighted by Gasteiger charge is -2.19. The van der Waals surface area contributed by atoms with E-state index < -0.39 is 0 Å². The number of nitrogens with one attached hydrogen (secondary N) is 1. The smallest absolute Gasteiger partial charge is 0.134 e. The molecule has 1 heterocycles. The molecule has 0 saturated heterocycles. The van der Waals surface area contributed by atoms with Crippen LogP contribution in [0.25, 0.3) is 10.9 Å². The summed E-state index contributed by atoms with van der Waals surface area (Å²) in [5.41, 5.74) is 9.71. The van der Waals surface area contributed by atoms with Gasteiger partial charge in [0.25, 0.3) is 0 Å². The van der Waals surface area contributed by atoms with Gasteiger partial charge < -0.3 is 20.5 Å². The Hall–Kier alpha value is -2.31. The molecule has 0 saturated carbocycles. The van der Waals surface area contributed by atoms with Crippen LogP contribution in [0.4, 0.5) is 11.4 Å². The number of hydrogen-bond donors (Lipinski definition) is 2. The molecule has 3 N–H and O–H groups in total. The second-order valence-electron chi connectivity index (χ2n) is 6.01. The molecular formula is C20H22BrN3O2. The Balaban J connectivity index is 1.97. The third-order valence-electron chi connectivity index (χ3n) is 4.16. The van der Waals surface area contributed by atoms with Crippen LogP contribution in [0, 0.1) is 0 Å². The number of nitrogens with zero attached hydrogens (tertiary/aromatic N) is 1. The lowest BCUT2D eigenvalue weighted by atomic mass is 10.1. The van der Waals surface area contributed by atoms with Gasteiger partial charge in [-0.15, -0.1) is 0 Å². The highest BCUT2D eigenvalue weighted by Crippen LogP contribution is 2.37. The number of nitrogens with two attached hydrogens (primary N) is 1. The van der Waals surface area contributed by atoms with Crippen LogP contribution in [0.1, 0.15) is 18.5 Å². The fraction of sp³-hybridized carbons (Fsp3) is 0.250. The van der Waals surface area contributed by atoms with Gasteiger partial charge in [-0.25, -0.2) is 0 Å². The number of ether oxygens (including phenoxy) is 2. The van der Waals surface area contributed by atoms with Crippen LogP contribution < -0.4 is 15.8 Å². The molecule has 6 heteroatoms. The summed E-state index contributed by atoms with van der Waals surface area (Å²) in [6.45, 7) is 3.10. The molecule has 0 bridgehead atoms. The lowest BCUT2D eigenvalue weighted by molar-refractivity contribution is 0.146. The Morgan fingerprint density at radius 2 is 1.96 bits per heavy atom. The molecule has 1 unspecified atom stereocenters. The van der Waals surface area contributed by atoms with Gasteiger partial charge >= 0.3 is 0 Å². The first kappa shape index (κ1) is 18.5. The number of rotatable bonds is 7. The SMILES string of the molecule is COCCOc1cc2c(NC(C)c3ccccc3)c(N)cnc2cc1Br. The van der Waals surface area contributed by atoms with Crippen molar-refractivity contribution in [2.45, 2.75) is 13.0 Å². The van der Waals surface area contributed by atoms with Crippen molar-refractivity contribution in [3.63, 3.8) is 0 Å². The molecule has 1 atom stereocenters. The molecule has 0 fully saturated rings. The van der Waals surface area contributed by atoms with Gasteiger partial charge in [-0.2, -0.15) is 0 Å². The summed E-state index contributed by atoms with van der Waals surface area (Å²) in [4.78, 5) is 4.44. The fourth-order valence-corrected chi connectivity index (χ4v) is 3.20. The second-order valence-corrected chi connectivity index (χ2v) is 6.86. The summed E-state index contributed by atoms with van der Waals surface area (Å²) in [6, 6.07) is 14.2. The van der Waals surface area contributed by atoms with Gasteiger partial charge in [0.05, 0.1) is 34.2 Å². The molecule has 0 spiro atoms. The van der Waals surface area contributed by atoms with Gasteiger partial charge in [0.2, 0.25) is 0 Å². The van der Waals surface area contributed by atoms with Gasteiger partial charge in [0.15, 0.2) is 0 Å². The van der Waals surface area contributed by atoms with Crippen LogP contribution in [-0.4, -0.2) is 25.3 Å². The number of nitrogen functional groups attached to an aromatic ring is 1. The van der Waals surface area contributed by atoms with Crippen molar-refractivity contribution >= 4 is 38.2 Å². The summed E-state index contributed by atoms with van der Waals surface area (Å²) in [5.74, 6) is 0.734. The minimum absolute atomic E-state index is 0.102. The fourth-order valence-electron chi connectivity index (χ4n) is 2.76. The van der Waals surface area contributed by atoms with Gasteiger partial charge in [0.1, 0.15) is 12.4 Å². The third kappa shape index (κ3) is 4.08. The maximum Gasteiger partial charge on any atom is 0.134 e. The topological polar surface area (TPSA) is 69.4 Å². The zero-order valence-corrected chi connectivity index (χ0v) is 16.4. The number of hydrogen-bond acceptors (Lipinski definition) is 5. The molecule has 136 valence electrons. The van der Waals surface area contributed by atoms with Crippen molar-refractivity contribution in [2.75, 3.05) is 31.4 Å². The van der Waals surface area contributed by atoms with Crippen molar-refractivity contribution in [1.82, 2.24) is 4.98 Å². The molecule has 26 heavy (non-hydrogen) atoms. The van der Waals surface area contributed by atoms with Gasteiger partial charge in [-0.3, -0.25) is 4.98 Å². The first-order chi connectivity index (χ1) is 12.6. The van der Waals surface area contributed by atoms with Crippen molar-refractivity contribution in [3.8, 4) is 5.75 Å². The standard InChI is InChI=1S/C20H22BrN3O2/c1-13(14-6-4-3-5-7-14)24-20-15-10-19(26-9-8-25-2)16(21)11-18(15)23-12-17(20)22/h3-7,10-13H,8-9,22H2,1-2H3,(H,23,24). The Morgan fingerprint density at radius 3 is 2.69 bits per heavy atom. The summed E-state index contributed by atoms with van der Waals surface area (Å²) < 4.78 is 11.7. The van der Waals surface area contributed by atoms with Crippen LogP contribution in [0.15, 0.2) is 53.1 Å². The molecule has 0 radical (unpaired) electrons. The quantitative estimate of drug-likeness (QED) is 0.543. The number of halogens is 1. The zero-order chi connectivity index (χ0) is 18.5. The minimum atomic E-state index is 0.102. The average molecular weight is 416 g/mol. The summed E-state index contributed by atoms with van der Waals surface area (Å²) in [6.07, 6.45) is 1.68. The second kappa shape index (κ2) is 8.38. The van der Waals surface area contributed by atoms with E-state index in [1.165, 1.54) is 5.56 Å². The normalized spacial score (nSPS) is 12.1. The molecular weight excluding hydrogens is 394 g/mol.